The van der Waals surface area contributed by atoms with Gasteiger partial charge in [-0.25, -0.2) is 15.4 Å². The number of hydrazine groups is 1. The summed E-state index contributed by atoms with van der Waals surface area (Å²) in [4.78, 5) is 11.4. The van der Waals surface area contributed by atoms with Crippen LogP contribution in [-0.2, 0) is 4.74 Å². The van der Waals surface area contributed by atoms with Gasteiger partial charge in [0.25, 0.3) is 0 Å². The van der Waals surface area contributed by atoms with Gasteiger partial charge in [0.15, 0.2) is 0 Å². The zero-order valence-corrected chi connectivity index (χ0v) is 16.4. The Kier molecular flexibility index (Phi) is 4.73. The van der Waals surface area contributed by atoms with Crippen LogP contribution in [0.2, 0.25) is 0 Å². The Morgan fingerprint density at radius 1 is 1.11 bits per heavy atom. The predicted molar refractivity (Wildman–Crippen MR) is 103 cm³/mol. The van der Waals surface area contributed by atoms with E-state index in [1.807, 2.05) is 0 Å². The summed E-state index contributed by atoms with van der Waals surface area (Å²) in [5.74, 6) is 1.48. The lowest BCUT2D eigenvalue weighted by Crippen LogP contribution is -2.48. The third kappa shape index (κ3) is 3.38. The Hall–Kier alpha value is -2.10. The highest BCUT2D eigenvalue weighted by molar-refractivity contribution is 5.43. The molecule has 4 unspecified atom stereocenters. The van der Waals surface area contributed by atoms with Crippen LogP contribution < -0.4 is 15.8 Å². The van der Waals surface area contributed by atoms with Crippen molar-refractivity contribution in [1.82, 2.24) is 35.6 Å². The Morgan fingerprint density at radius 3 is 2.71 bits per heavy atom. The van der Waals surface area contributed by atoms with Crippen LogP contribution in [0.5, 0.6) is 0 Å². The summed E-state index contributed by atoms with van der Waals surface area (Å²) in [6.45, 7) is 6.07. The van der Waals surface area contributed by atoms with Gasteiger partial charge in [-0.3, -0.25) is 5.43 Å². The van der Waals surface area contributed by atoms with E-state index >= 15 is 0 Å². The molecule has 150 valence electrons. The van der Waals surface area contributed by atoms with Gasteiger partial charge < -0.3 is 14.2 Å². The summed E-state index contributed by atoms with van der Waals surface area (Å²) in [6.07, 6.45) is 9.18. The van der Waals surface area contributed by atoms with E-state index < -0.39 is 0 Å². The van der Waals surface area contributed by atoms with Gasteiger partial charge in [-0.05, 0) is 33.1 Å². The minimum Gasteiger partial charge on any atom is -0.376 e. The molecule has 2 aliphatic heterocycles. The quantitative estimate of drug-likeness (QED) is 0.795. The molecular weight excluding hydrogens is 356 g/mol. The van der Waals surface area contributed by atoms with E-state index in [4.69, 9.17) is 4.74 Å². The fourth-order valence-electron chi connectivity index (χ4n) is 4.75. The number of hydrogen-bond donors (Lipinski definition) is 2. The molecule has 1 saturated carbocycles. The standard InChI is InChI=1S/C19H28N8O/c1-12(2)28-14-3-4-16-15(5-14)19(25-24-16)17-6-18(21-9-20-17)26-7-13(8-26)27-10-22-23-11-27/h6,9-16,19,24-25H,3-5,7-8H2,1-2H3. The number of ether oxygens (including phenoxy) is 1. The average Bonchev–Trinajstić information content (AvgIpc) is 3.30. The van der Waals surface area contributed by atoms with Crippen molar-refractivity contribution in [2.75, 3.05) is 18.0 Å². The van der Waals surface area contributed by atoms with Crippen molar-refractivity contribution in [2.45, 2.75) is 63.4 Å². The second-order valence-electron chi connectivity index (χ2n) is 8.43. The normalized spacial score (nSPS) is 30.5. The summed E-state index contributed by atoms with van der Waals surface area (Å²) in [5.41, 5.74) is 8.03. The first kappa shape index (κ1) is 18.0. The molecule has 4 heterocycles. The third-order valence-corrected chi connectivity index (χ3v) is 6.21. The lowest BCUT2D eigenvalue weighted by atomic mass is 9.79. The van der Waals surface area contributed by atoms with Gasteiger partial charge in [0.2, 0.25) is 0 Å². The van der Waals surface area contributed by atoms with Crippen molar-refractivity contribution in [1.29, 1.82) is 0 Å². The van der Waals surface area contributed by atoms with Gasteiger partial charge in [0.1, 0.15) is 24.8 Å². The van der Waals surface area contributed by atoms with E-state index in [9.17, 15) is 0 Å². The van der Waals surface area contributed by atoms with Crippen molar-refractivity contribution < 1.29 is 4.74 Å². The van der Waals surface area contributed by atoms with Crippen molar-refractivity contribution in [2.24, 2.45) is 5.92 Å². The van der Waals surface area contributed by atoms with Gasteiger partial charge in [-0.2, -0.15) is 0 Å². The smallest absolute Gasteiger partial charge is 0.132 e. The molecular formula is C19H28N8O. The molecule has 3 fully saturated rings. The van der Waals surface area contributed by atoms with Crippen molar-refractivity contribution in [3.05, 3.63) is 30.7 Å². The third-order valence-electron chi connectivity index (χ3n) is 6.21. The molecule has 9 nitrogen and oxygen atoms in total. The molecule has 2 aromatic heterocycles. The molecule has 9 heteroatoms. The number of anilines is 1. The number of nitrogens with one attached hydrogen (secondary N) is 2. The number of rotatable bonds is 5. The van der Waals surface area contributed by atoms with Gasteiger partial charge in [-0.15, -0.1) is 10.2 Å². The van der Waals surface area contributed by atoms with Crippen LogP contribution in [0.4, 0.5) is 5.82 Å². The van der Waals surface area contributed by atoms with Crippen LogP contribution in [0.3, 0.4) is 0 Å². The molecule has 1 aliphatic carbocycles. The zero-order chi connectivity index (χ0) is 19.1. The second kappa shape index (κ2) is 7.38. The fraction of sp³-hybridized carbons (Fsp3) is 0.684. The number of hydrogen-bond acceptors (Lipinski definition) is 8. The van der Waals surface area contributed by atoms with Crippen molar-refractivity contribution in [3.63, 3.8) is 0 Å². The lowest BCUT2D eigenvalue weighted by molar-refractivity contribution is -0.0276. The molecule has 3 aliphatic rings. The van der Waals surface area contributed by atoms with E-state index in [1.165, 1.54) is 0 Å². The Labute approximate surface area is 164 Å². The van der Waals surface area contributed by atoms with Crippen molar-refractivity contribution >= 4 is 5.82 Å². The monoisotopic (exact) mass is 384 g/mol. The first-order valence-corrected chi connectivity index (χ1v) is 10.2. The Morgan fingerprint density at radius 2 is 1.93 bits per heavy atom. The Bertz CT molecular complexity index is 791. The molecule has 0 radical (unpaired) electrons. The van der Waals surface area contributed by atoms with E-state index in [2.05, 4.69) is 60.4 Å². The van der Waals surface area contributed by atoms with Crippen molar-refractivity contribution in [3.8, 4) is 0 Å². The van der Waals surface area contributed by atoms with Crippen LogP contribution in [0.1, 0.15) is 50.9 Å². The summed E-state index contributed by atoms with van der Waals surface area (Å²) >= 11 is 0. The molecule has 0 aromatic carbocycles. The van der Waals surface area contributed by atoms with Crippen LogP contribution in [0.15, 0.2) is 25.0 Å². The molecule has 0 amide bonds. The van der Waals surface area contributed by atoms with Gasteiger partial charge in [0, 0.05) is 31.1 Å². The Balaban J connectivity index is 1.27. The summed E-state index contributed by atoms with van der Waals surface area (Å²) in [7, 11) is 0. The summed E-state index contributed by atoms with van der Waals surface area (Å²) < 4.78 is 8.17. The fourth-order valence-corrected chi connectivity index (χ4v) is 4.75. The van der Waals surface area contributed by atoms with Gasteiger partial charge in [0.05, 0.1) is 30.0 Å². The molecule has 2 aromatic rings. The molecule has 0 spiro atoms. The number of fused-ring (bicyclic) bond motifs is 1. The maximum absolute atomic E-state index is 6.11. The molecule has 2 N–H and O–H groups in total. The van der Waals surface area contributed by atoms with E-state index in [-0.39, 0.29) is 12.1 Å². The maximum atomic E-state index is 6.11. The highest BCUT2D eigenvalue weighted by Crippen LogP contribution is 2.39. The van der Waals surface area contributed by atoms with E-state index in [0.29, 0.717) is 24.1 Å². The summed E-state index contributed by atoms with van der Waals surface area (Å²) in [6, 6.07) is 3.23. The van der Waals surface area contributed by atoms with Gasteiger partial charge >= 0.3 is 0 Å². The van der Waals surface area contributed by atoms with E-state index in [1.54, 1.807) is 19.0 Å². The average molecular weight is 384 g/mol. The largest absolute Gasteiger partial charge is 0.376 e. The van der Waals surface area contributed by atoms with Crippen LogP contribution >= 0.6 is 0 Å². The van der Waals surface area contributed by atoms with E-state index in [0.717, 1.165) is 43.9 Å². The van der Waals surface area contributed by atoms with Crippen LogP contribution in [0.25, 0.3) is 0 Å². The number of nitrogens with zero attached hydrogens (tertiary/aromatic N) is 6. The minimum absolute atomic E-state index is 0.195. The topological polar surface area (TPSA) is 93.0 Å². The van der Waals surface area contributed by atoms with Gasteiger partial charge in [-0.1, -0.05) is 0 Å². The molecule has 0 bridgehead atoms. The van der Waals surface area contributed by atoms with Crippen LogP contribution in [0, 0.1) is 5.92 Å². The SMILES string of the molecule is CC(C)OC1CCC2NNC(c3cc(N4CC(n5cnnc5)C4)ncn3)C2C1. The first-order valence-electron chi connectivity index (χ1n) is 10.2. The highest BCUT2D eigenvalue weighted by atomic mass is 16.5. The molecule has 28 heavy (non-hydrogen) atoms. The highest BCUT2D eigenvalue weighted by Gasteiger charge is 2.42. The second-order valence-corrected chi connectivity index (χ2v) is 8.43. The van der Waals surface area contributed by atoms with Crippen LogP contribution in [-0.4, -0.2) is 56.1 Å². The minimum atomic E-state index is 0.195. The number of aromatic nitrogens is 5. The zero-order valence-electron chi connectivity index (χ0n) is 16.4. The predicted octanol–water partition coefficient (Wildman–Crippen LogP) is 1.24. The molecule has 4 atom stereocenters. The summed E-state index contributed by atoms with van der Waals surface area (Å²) in [5, 5.41) is 7.79. The maximum Gasteiger partial charge on any atom is 0.132 e. The molecule has 2 saturated heterocycles. The first-order chi connectivity index (χ1) is 13.7. The molecule has 5 rings (SSSR count). The lowest BCUT2D eigenvalue weighted by Gasteiger charge is -2.40.